The molecule has 0 N–H and O–H groups in total. The summed E-state index contributed by atoms with van der Waals surface area (Å²) in [6.07, 6.45) is 1.17. The molecule has 0 radical (unpaired) electrons. The largest absolute Gasteiger partial charge is 0.423 e. The van der Waals surface area contributed by atoms with E-state index < -0.39 is 5.97 Å². The lowest BCUT2D eigenvalue weighted by atomic mass is 10.0. The van der Waals surface area contributed by atoms with Crippen molar-refractivity contribution in [2.75, 3.05) is 0 Å². The summed E-state index contributed by atoms with van der Waals surface area (Å²) in [5, 5.41) is 2.26. The Balaban J connectivity index is 2.54. The van der Waals surface area contributed by atoms with Crippen molar-refractivity contribution < 1.29 is 9.53 Å². The fraction of sp³-hybridized carbons (Fsp3) is 0.133. The zero-order valence-corrected chi connectivity index (χ0v) is 9.99. The van der Waals surface area contributed by atoms with Crippen molar-refractivity contribution in [1.82, 2.24) is 0 Å². The van der Waals surface area contributed by atoms with E-state index in [-0.39, 0.29) is 0 Å². The van der Waals surface area contributed by atoms with E-state index in [1.807, 2.05) is 25.1 Å². The topological polar surface area (TPSA) is 26.3 Å². The molecule has 17 heavy (non-hydrogen) atoms. The molecule has 86 valence electrons. The highest BCUT2D eigenvalue weighted by atomic mass is 16.5. The smallest absolute Gasteiger partial charge is 0.335 e. The molecule has 0 aliphatic carbocycles. The Labute approximate surface area is 101 Å². The number of fused-ring (bicyclic) bond motifs is 1. The SMILES string of the molecule is C=CC(=O)Oc1ccc2cc(C)ccc2c1C. The van der Waals surface area contributed by atoms with Crippen molar-refractivity contribution in [2.45, 2.75) is 13.8 Å². The molecule has 0 bridgehead atoms. The summed E-state index contributed by atoms with van der Waals surface area (Å²) in [5.41, 5.74) is 2.19. The summed E-state index contributed by atoms with van der Waals surface area (Å²) in [4.78, 5) is 11.2. The van der Waals surface area contributed by atoms with E-state index >= 15 is 0 Å². The Morgan fingerprint density at radius 2 is 2.00 bits per heavy atom. The maximum atomic E-state index is 11.2. The molecule has 0 atom stereocenters. The molecule has 0 saturated carbocycles. The van der Waals surface area contributed by atoms with Gasteiger partial charge in [-0.1, -0.05) is 36.4 Å². The molecule has 0 aliphatic heterocycles. The molecule has 0 aliphatic rings. The molecule has 2 nitrogen and oxygen atoms in total. The van der Waals surface area contributed by atoms with Gasteiger partial charge in [0.2, 0.25) is 0 Å². The molecule has 2 aromatic rings. The molecule has 0 fully saturated rings. The number of hydrogen-bond acceptors (Lipinski definition) is 2. The second-order valence-corrected chi connectivity index (χ2v) is 4.04. The van der Waals surface area contributed by atoms with Crippen LogP contribution in [0.25, 0.3) is 10.8 Å². The van der Waals surface area contributed by atoms with Gasteiger partial charge in [0.05, 0.1) is 0 Å². The summed E-state index contributed by atoms with van der Waals surface area (Å²) < 4.78 is 5.18. The van der Waals surface area contributed by atoms with Crippen molar-refractivity contribution in [3.05, 3.63) is 54.1 Å². The Morgan fingerprint density at radius 1 is 1.24 bits per heavy atom. The van der Waals surface area contributed by atoms with Crippen molar-refractivity contribution in [1.29, 1.82) is 0 Å². The molecule has 2 aromatic carbocycles. The zero-order valence-electron chi connectivity index (χ0n) is 9.99. The minimum atomic E-state index is -0.431. The van der Waals surface area contributed by atoms with Crippen LogP contribution in [-0.4, -0.2) is 5.97 Å². The number of carbonyl (C=O) groups is 1. The maximum absolute atomic E-state index is 11.2. The van der Waals surface area contributed by atoms with Gasteiger partial charge >= 0.3 is 5.97 Å². The molecule has 0 unspecified atom stereocenters. The van der Waals surface area contributed by atoms with Crippen LogP contribution in [0.3, 0.4) is 0 Å². The van der Waals surface area contributed by atoms with Crippen molar-refractivity contribution in [2.24, 2.45) is 0 Å². The number of rotatable bonds is 2. The zero-order chi connectivity index (χ0) is 12.4. The Kier molecular flexibility index (Phi) is 2.96. The Morgan fingerprint density at radius 3 is 2.71 bits per heavy atom. The predicted molar refractivity (Wildman–Crippen MR) is 69.3 cm³/mol. The van der Waals surface area contributed by atoms with E-state index in [4.69, 9.17) is 4.74 Å². The molecular weight excluding hydrogens is 212 g/mol. The third-order valence-corrected chi connectivity index (χ3v) is 2.77. The summed E-state index contributed by atoms with van der Waals surface area (Å²) in [6.45, 7) is 7.39. The lowest BCUT2D eigenvalue weighted by Gasteiger charge is -2.09. The first kappa shape index (κ1) is 11.4. The standard InChI is InChI=1S/C15H14O2/c1-4-15(16)17-14-8-6-12-9-10(2)5-7-13(12)11(14)3/h4-9H,1H2,2-3H3. The summed E-state index contributed by atoms with van der Waals surface area (Å²) in [6, 6.07) is 9.99. The first-order chi connectivity index (χ1) is 8.11. The first-order valence-corrected chi connectivity index (χ1v) is 5.46. The van der Waals surface area contributed by atoms with Gasteiger partial charge in [-0.05, 0) is 36.2 Å². The van der Waals surface area contributed by atoms with Crippen LogP contribution >= 0.6 is 0 Å². The summed E-state index contributed by atoms with van der Waals surface area (Å²) in [7, 11) is 0. The number of benzene rings is 2. The predicted octanol–water partition coefficient (Wildman–Crippen LogP) is 3.55. The molecule has 0 amide bonds. The highest BCUT2D eigenvalue weighted by molar-refractivity contribution is 5.90. The lowest BCUT2D eigenvalue weighted by Crippen LogP contribution is -2.04. The minimum Gasteiger partial charge on any atom is -0.423 e. The van der Waals surface area contributed by atoms with E-state index in [1.165, 1.54) is 11.6 Å². The van der Waals surface area contributed by atoms with Crippen molar-refractivity contribution in [3.8, 4) is 5.75 Å². The highest BCUT2D eigenvalue weighted by Crippen LogP contribution is 2.27. The summed E-state index contributed by atoms with van der Waals surface area (Å²) >= 11 is 0. The van der Waals surface area contributed by atoms with E-state index in [2.05, 4.69) is 25.6 Å². The third-order valence-electron chi connectivity index (χ3n) is 2.77. The number of ether oxygens (including phenoxy) is 1. The molecule has 2 rings (SSSR count). The van der Waals surface area contributed by atoms with Gasteiger partial charge < -0.3 is 4.74 Å². The fourth-order valence-corrected chi connectivity index (χ4v) is 1.85. The number of aryl methyl sites for hydroxylation is 2. The molecular formula is C15H14O2. The van der Waals surface area contributed by atoms with Crippen LogP contribution in [0.1, 0.15) is 11.1 Å². The van der Waals surface area contributed by atoms with Gasteiger partial charge in [-0.3, -0.25) is 0 Å². The van der Waals surface area contributed by atoms with Crippen LogP contribution in [-0.2, 0) is 4.79 Å². The quantitative estimate of drug-likeness (QED) is 0.444. The van der Waals surface area contributed by atoms with E-state index in [9.17, 15) is 4.79 Å². The molecule has 0 saturated heterocycles. The van der Waals surface area contributed by atoms with Crippen molar-refractivity contribution >= 4 is 16.7 Å². The van der Waals surface area contributed by atoms with Gasteiger partial charge in [-0.2, -0.15) is 0 Å². The Hall–Kier alpha value is -2.09. The van der Waals surface area contributed by atoms with Crippen LogP contribution in [0.2, 0.25) is 0 Å². The normalized spacial score (nSPS) is 10.2. The molecule has 0 spiro atoms. The van der Waals surface area contributed by atoms with Gasteiger partial charge in [0.1, 0.15) is 5.75 Å². The number of carbonyl (C=O) groups excluding carboxylic acids is 1. The Bertz CT molecular complexity index is 597. The second kappa shape index (κ2) is 4.42. The van der Waals surface area contributed by atoms with Crippen molar-refractivity contribution in [3.63, 3.8) is 0 Å². The second-order valence-electron chi connectivity index (χ2n) is 4.04. The molecule has 2 heteroatoms. The van der Waals surface area contributed by atoms with E-state index in [1.54, 1.807) is 0 Å². The lowest BCUT2D eigenvalue weighted by molar-refractivity contribution is -0.128. The maximum Gasteiger partial charge on any atom is 0.335 e. The minimum absolute atomic E-state index is 0.431. The van der Waals surface area contributed by atoms with Crippen LogP contribution in [0.15, 0.2) is 43.0 Å². The van der Waals surface area contributed by atoms with Gasteiger partial charge in [0.15, 0.2) is 0 Å². The average molecular weight is 226 g/mol. The number of esters is 1. The summed E-state index contributed by atoms with van der Waals surface area (Å²) in [5.74, 6) is 0.158. The van der Waals surface area contributed by atoms with E-state index in [0.717, 1.165) is 16.3 Å². The van der Waals surface area contributed by atoms with Gasteiger partial charge in [0.25, 0.3) is 0 Å². The monoisotopic (exact) mass is 226 g/mol. The van der Waals surface area contributed by atoms with Gasteiger partial charge in [-0.15, -0.1) is 0 Å². The fourth-order valence-electron chi connectivity index (χ4n) is 1.85. The van der Waals surface area contributed by atoms with Crippen LogP contribution in [0.4, 0.5) is 0 Å². The first-order valence-electron chi connectivity index (χ1n) is 5.46. The average Bonchev–Trinajstić information content (AvgIpc) is 2.32. The van der Waals surface area contributed by atoms with Crippen LogP contribution in [0, 0.1) is 13.8 Å². The van der Waals surface area contributed by atoms with Crippen LogP contribution in [0.5, 0.6) is 5.75 Å². The molecule has 0 aromatic heterocycles. The van der Waals surface area contributed by atoms with E-state index in [0.29, 0.717) is 5.75 Å². The van der Waals surface area contributed by atoms with Gasteiger partial charge in [-0.25, -0.2) is 4.79 Å². The van der Waals surface area contributed by atoms with Gasteiger partial charge in [0, 0.05) is 6.08 Å². The van der Waals surface area contributed by atoms with Crippen LogP contribution < -0.4 is 4.74 Å². The number of hydrogen-bond donors (Lipinski definition) is 0. The molecule has 0 heterocycles. The highest BCUT2D eigenvalue weighted by Gasteiger charge is 2.07. The third kappa shape index (κ3) is 2.21.